The van der Waals surface area contributed by atoms with Crippen molar-refractivity contribution in [3.05, 3.63) is 12.4 Å². The molecule has 2 N–H and O–H groups in total. The molecular formula is C6H10F3NO. The van der Waals surface area contributed by atoms with E-state index in [9.17, 15) is 13.2 Å². The van der Waals surface area contributed by atoms with E-state index in [1.807, 2.05) is 0 Å². The highest BCUT2D eigenvalue weighted by atomic mass is 19.3. The van der Waals surface area contributed by atoms with Crippen LogP contribution in [0.1, 0.15) is 0 Å². The van der Waals surface area contributed by atoms with Crippen LogP contribution in [0, 0.1) is 0 Å². The number of aliphatic hydroxyl groups is 1. The fourth-order valence-corrected chi connectivity index (χ4v) is 0.506. The molecule has 0 aromatic rings. The molecule has 0 aliphatic heterocycles. The van der Waals surface area contributed by atoms with Crippen LogP contribution in [-0.4, -0.2) is 30.7 Å². The van der Waals surface area contributed by atoms with Crippen molar-refractivity contribution in [3.8, 4) is 0 Å². The minimum atomic E-state index is -2.55. The Balaban J connectivity index is 3.61. The van der Waals surface area contributed by atoms with Crippen molar-refractivity contribution >= 4 is 0 Å². The number of aliphatic hydroxyl groups excluding tert-OH is 1. The molecule has 0 heterocycles. The van der Waals surface area contributed by atoms with Gasteiger partial charge in [-0.25, -0.2) is 13.2 Å². The Morgan fingerprint density at radius 2 is 2.09 bits per heavy atom. The summed E-state index contributed by atoms with van der Waals surface area (Å²) in [5.74, 6) is -0.840. The minimum Gasteiger partial charge on any atom is -0.394 e. The van der Waals surface area contributed by atoms with E-state index in [0.717, 1.165) is 0 Å². The molecule has 0 unspecified atom stereocenters. The van der Waals surface area contributed by atoms with Gasteiger partial charge in [-0.1, -0.05) is 6.58 Å². The van der Waals surface area contributed by atoms with Crippen molar-refractivity contribution in [1.29, 1.82) is 0 Å². The second-order valence-electron chi connectivity index (χ2n) is 1.98. The number of nitrogens with one attached hydrogen (secondary N) is 1. The predicted octanol–water partition coefficient (Wildman–Crippen LogP) is 0.685. The van der Waals surface area contributed by atoms with E-state index in [0.29, 0.717) is 0 Å². The van der Waals surface area contributed by atoms with Gasteiger partial charge >= 0.3 is 0 Å². The molecule has 5 heteroatoms. The van der Waals surface area contributed by atoms with Crippen molar-refractivity contribution < 1.29 is 18.3 Å². The SMILES string of the molecule is C=C(F)[C@@H](CO)NCC(F)F. The fourth-order valence-electron chi connectivity index (χ4n) is 0.506. The maximum Gasteiger partial charge on any atom is 0.250 e. The number of hydrogen-bond donors (Lipinski definition) is 2. The molecule has 0 aromatic carbocycles. The molecule has 0 fully saturated rings. The monoisotopic (exact) mass is 169 g/mol. The molecule has 0 aliphatic carbocycles. The molecule has 2 nitrogen and oxygen atoms in total. The third kappa shape index (κ3) is 4.80. The van der Waals surface area contributed by atoms with Crippen molar-refractivity contribution in [2.75, 3.05) is 13.2 Å². The molecule has 0 radical (unpaired) electrons. The molecular weight excluding hydrogens is 159 g/mol. The average molecular weight is 169 g/mol. The number of hydrogen-bond acceptors (Lipinski definition) is 2. The first kappa shape index (κ1) is 10.4. The lowest BCUT2D eigenvalue weighted by molar-refractivity contribution is 0.134. The predicted molar refractivity (Wildman–Crippen MR) is 35.1 cm³/mol. The first-order valence-corrected chi connectivity index (χ1v) is 3.04. The van der Waals surface area contributed by atoms with Crippen LogP contribution in [0.3, 0.4) is 0 Å². The van der Waals surface area contributed by atoms with Gasteiger partial charge in [0.25, 0.3) is 6.43 Å². The van der Waals surface area contributed by atoms with E-state index >= 15 is 0 Å². The second kappa shape index (κ2) is 5.15. The Hall–Kier alpha value is -0.550. The van der Waals surface area contributed by atoms with Gasteiger partial charge in [-0.2, -0.15) is 0 Å². The topological polar surface area (TPSA) is 32.3 Å². The maximum atomic E-state index is 12.2. The Morgan fingerprint density at radius 1 is 1.55 bits per heavy atom. The molecule has 0 amide bonds. The summed E-state index contributed by atoms with van der Waals surface area (Å²) in [5, 5.41) is 10.5. The highest BCUT2D eigenvalue weighted by Crippen LogP contribution is 2.00. The third-order valence-corrected chi connectivity index (χ3v) is 1.08. The Kier molecular flexibility index (Phi) is 4.89. The molecule has 11 heavy (non-hydrogen) atoms. The quantitative estimate of drug-likeness (QED) is 0.634. The van der Waals surface area contributed by atoms with Gasteiger partial charge in [0.15, 0.2) is 0 Å². The van der Waals surface area contributed by atoms with Gasteiger partial charge in [-0.05, 0) is 0 Å². The van der Waals surface area contributed by atoms with Gasteiger partial charge in [-0.15, -0.1) is 0 Å². The summed E-state index contributed by atoms with van der Waals surface area (Å²) in [5.41, 5.74) is 0. The minimum absolute atomic E-state index is 0.567. The van der Waals surface area contributed by atoms with E-state index in [-0.39, 0.29) is 0 Å². The zero-order valence-corrected chi connectivity index (χ0v) is 5.86. The van der Waals surface area contributed by atoms with Gasteiger partial charge in [0.05, 0.1) is 19.2 Å². The fraction of sp³-hybridized carbons (Fsp3) is 0.667. The van der Waals surface area contributed by atoms with Crippen LogP contribution >= 0.6 is 0 Å². The Labute approximate surface area is 62.7 Å². The van der Waals surface area contributed by atoms with E-state index in [1.165, 1.54) is 0 Å². The maximum absolute atomic E-state index is 12.2. The molecule has 0 saturated carbocycles. The van der Waals surface area contributed by atoms with E-state index in [1.54, 1.807) is 0 Å². The van der Waals surface area contributed by atoms with Gasteiger partial charge in [-0.3, -0.25) is 0 Å². The standard InChI is InChI=1S/C6H10F3NO/c1-4(7)5(3-11)10-2-6(8)9/h5-6,10-11H,1-3H2/t5-/m1/s1. The van der Waals surface area contributed by atoms with Crippen molar-refractivity contribution in [2.24, 2.45) is 0 Å². The van der Waals surface area contributed by atoms with Gasteiger partial charge in [0, 0.05) is 0 Å². The summed E-state index contributed by atoms with van der Waals surface area (Å²) >= 11 is 0. The molecule has 0 bridgehead atoms. The van der Waals surface area contributed by atoms with Crippen molar-refractivity contribution in [2.45, 2.75) is 12.5 Å². The normalized spacial score (nSPS) is 13.5. The van der Waals surface area contributed by atoms with Crippen LogP contribution in [0.15, 0.2) is 12.4 Å². The number of rotatable bonds is 5. The summed E-state index contributed by atoms with van der Waals surface area (Å²) in [7, 11) is 0. The van der Waals surface area contributed by atoms with Crippen molar-refractivity contribution in [3.63, 3.8) is 0 Å². The summed E-state index contributed by atoms with van der Waals surface area (Å²) < 4.78 is 35.2. The molecule has 0 aromatic heterocycles. The Morgan fingerprint density at radius 3 is 2.36 bits per heavy atom. The Bertz CT molecular complexity index is 129. The zero-order chi connectivity index (χ0) is 8.85. The smallest absolute Gasteiger partial charge is 0.250 e. The first-order valence-electron chi connectivity index (χ1n) is 3.04. The lowest BCUT2D eigenvalue weighted by Gasteiger charge is -2.12. The zero-order valence-electron chi connectivity index (χ0n) is 5.86. The molecule has 66 valence electrons. The lowest BCUT2D eigenvalue weighted by atomic mass is 10.3. The first-order chi connectivity index (χ1) is 5.07. The van der Waals surface area contributed by atoms with Crippen LogP contribution < -0.4 is 5.32 Å². The summed E-state index contributed by atoms with van der Waals surface area (Å²) in [6.45, 7) is 1.66. The van der Waals surface area contributed by atoms with Crippen LogP contribution in [-0.2, 0) is 0 Å². The summed E-state index contributed by atoms with van der Waals surface area (Å²) in [4.78, 5) is 0. The van der Waals surface area contributed by atoms with Crippen LogP contribution in [0.2, 0.25) is 0 Å². The molecule has 0 aliphatic rings. The average Bonchev–Trinajstić information content (AvgIpc) is 1.87. The van der Waals surface area contributed by atoms with Crippen LogP contribution in [0.5, 0.6) is 0 Å². The van der Waals surface area contributed by atoms with E-state index < -0.39 is 31.4 Å². The van der Waals surface area contributed by atoms with Gasteiger partial charge in [0.2, 0.25) is 0 Å². The summed E-state index contributed by atoms with van der Waals surface area (Å²) in [6.07, 6.45) is -2.55. The van der Waals surface area contributed by atoms with E-state index in [2.05, 4.69) is 11.9 Å². The second-order valence-corrected chi connectivity index (χ2v) is 1.98. The van der Waals surface area contributed by atoms with Crippen LogP contribution in [0.4, 0.5) is 13.2 Å². The number of alkyl halides is 2. The highest BCUT2D eigenvalue weighted by molar-refractivity contribution is 4.94. The molecule has 0 spiro atoms. The third-order valence-electron chi connectivity index (χ3n) is 1.08. The van der Waals surface area contributed by atoms with Gasteiger partial charge in [0.1, 0.15) is 5.83 Å². The summed E-state index contributed by atoms with van der Waals surface area (Å²) in [6, 6.07) is -1.08. The highest BCUT2D eigenvalue weighted by Gasteiger charge is 2.12. The largest absolute Gasteiger partial charge is 0.394 e. The molecule has 0 rings (SSSR count). The van der Waals surface area contributed by atoms with Gasteiger partial charge < -0.3 is 10.4 Å². The lowest BCUT2D eigenvalue weighted by Crippen LogP contribution is -2.36. The molecule has 1 atom stereocenters. The molecule has 0 saturated heterocycles. The number of halogens is 3. The van der Waals surface area contributed by atoms with Crippen LogP contribution in [0.25, 0.3) is 0 Å². The van der Waals surface area contributed by atoms with E-state index in [4.69, 9.17) is 5.11 Å². The van der Waals surface area contributed by atoms with Crippen molar-refractivity contribution in [1.82, 2.24) is 5.32 Å².